The number of amides is 2. The number of rotatable bonds is 5. The molecule has 0 aromatic heterocycles. The minimum absolute atomic E-state index is 0.133. The Morgan fingerprint density at radius 3 is 2.64 bits per heavy atom. The maximum Gasteiger partial charge on any atom is 0.276 e. The molecule has 118 valence electrons. The fourth-order valence-corrected chi connectivity index (χ4v) is 2.28. The summed E-state index contributed by atoms with van der Waals surface area (Å²) in [6.07, 6.45) is 6.54. The number of benzene rings is 1. The summed E-state index contributed by atoms with van der Waals surface area (Å²) in [7, 11) is 0. The molecule has 1 aromatic carbocycles. The van der Waals surface area contributed by atoms with Gasteiger partial charge in [0, 0.05) is 6.42 Å². The molecule has 5 heteroatoms. The second-order valence-corrected chi connectivity index (χ2v) is 5.60. The zero-order valence-electron chi connectivity index (χ0n) is 13.0. The lowest BCUT2D eigenvalue weighted by Gasteiger charge is -2.11. The van der Waals surface area contributed by atoms with Crippen molar-refractivity contribution >= 4 is 11.8 Å². The summed E-state index contributed by atoms with van der Waals surface area (Å²) >= 11 is 0. The summed E-state index contributed by atoms with van der Waals surface area (Å²) in [5.74, 6) is 0.356. The number of aryl methyl sites for hydroxylation is 2. The van der Waals surface area contributed by atoms with Gasteiger partial charge in [0.1, 0.15) is 5.75 Å². The van der Waals surface area contributed by atoms with Crippen LogP contribution < -0.4 is 15.6 Å². The number of nitrogens with one attached hydrogen (secondary N) is 2. The first-order chi connectivity index (χ1) is 10.5. The predicted octanol–water partition coefficient (Wildman–Crippen LogP) is 2.19. The second-order valence-electron chi connectivity index (χ2n) is 5.60. The third kappa shape index (κ3) is 4.91. The Kier molecular flexibility index (Phi) is 5.58. The van der Waals surface area contributed by atoms with E-state index in [9.17, 15) is 9.59 Å². The Hall–Kier alpha value is -2.30. The van der Waals surface area contributed by atoms with Gasteiger partial charge >= 0.3 is 0 Å². The van der Waals surface area contributed by atoms with Gasteiger partial charge in [-0.05, 0) is 55.9 Å². The first-order valence-electron chi connectivity index (χ1n) is 7.49. The maximum absolute atomic E-state index is 11.7. The van der Waals surface area contributed by atoms with Gasteiger partial charge in [0.05, 0.1) is 0 Å². The molecule has 0 heterocycles. The molecule has 22 heavy (non-hydrogen) atoms. The SMILES string of the molecule is Cc1ccc(OCC(=O)NNC(=O)C[C@@H]2C=CCC2)cc1C. The van der Waals surface area contributed by atoms with Gasteiger partial charge in [-0.1, -0.05) is 18.2 Å². The minimum atomic E-state index is -0.381. The quantitative estimate of drug-likeness (QED) is 0.647. The summed E-state index contributed by atoms with van der Waals surface area (Å²) < 4.78 is 5.39. The summed E-state index contributed by atoms with van der Waals surface area (Å²) in [4.78, 5) is 23.3. The van der Waals surface area contributed by atoms with Crippen molar-refractivity contribution in [2.45, 2.75) is 33.1 Å². The molecular formula is C17H22N2O3. The summed E-state index contributed by atoms with van der Waals surface area (Å²) in [6.45, 7) is 3.87. The number of hydrogen-bond donors (Lipinski definition) is 2. The number of carbonyl (C=O) groups excluding carboxylic acids is 2. The Labute approximate surface area is 130 Å². The molecule has 2 amide bonds. The molecule has 1 aromatic rings. The zero-order chi connectivity index (χ0) is 15.9. The Balaban J connectivity index is 1.67. The Morgan fingerprint density at radius 1 is 1.18 bits per heavy atom. The highest BCUT2D eigenvalue weighted by molar-refractivity contribution is 5.82. The number of hydrazine groups is 1. The predicted molar refractivity (Wildman–Crippen MR) is 84.2 cm³/mol. The molecular weight excluding hydrogens is 280 g/mol. The maximum atomic E-state index is 11.7. The standard InChI is InChI=1S/C17H22N2O3/c1-12-7-8-15(9-13(12)2)22-11-17(21)19-18-16(20)10-14-5-3-4-6-14/h3,5,7-9,14H,4,6,10-11H2,1-2H3,(H,18,20)(H,19,21)/t14-/m1/s1. The molecule has 1 atom stereocenters. The van der Waals surface area contributed by atoms with Crippen molar-refractivity contribution in [3.63, 3.8) is 0 Å². The highest BCUT2D eigenvalue weighted by atomic mass is 16.5. The van der Waals surface area contributed by atoms with Crippen LogP contribution in [0.5, 0.6) is 5.75 Å². The van der Waals surface area contributed by atoms with E-state index in [0.29, 0.717) is 12.2 Å². The van der Waals surface area contributed by atoms with E-state index in [-0.39, 0.29) is 24.3 Å². The lowest BCUT2D eigenvalue weighted by atomic mass is 10.1. The molecule has 2 N–H and O–H groups in total. The molecule has 5 nitrogen and oxygen atoms in total. The van der Waals surface area contributed by atoms with Crippen LogP contribution in [0, 0.1) is 19.8 Å². The van der Waals surface area contributed by atoms with Gasteiger partial charge in [-0.2, -0.15) is 0 Å². The zero-order valence-corrected chi connectivity index (χ0v) is 13.0. The van der Waals surface area contributed by atoms with Gasteiger partial charge in [0.25, 0.3) is 5.91 Å². The summed E-state index contributed by atoms with van der Waals surface area (Å²) in [5, 5.41) is 0. The van der Waals surface area contributed by atoms with Gasteiger partial charge in [0.2, 0.25) is 5.91 Å². The van der Waals surface area contributed by atoms with Crippen LogP contribution >= 0.6 is 0 Å². The van der Waals surface area contributed by atoms with E-state index in [1.165, 1.54) is 5.56 Å². The lowest BCUT2D eigenvalue weighted by molar-refractivity contribution is -0.130. The van der Waals surface area contributed by atoms with Crippen molar-refractivity contribution in [2.24, 2.45) is 5.92 Å². The van der Waals surface area contributed by atoms with E-state index < -0.39 is 0 Å². The molecule has 2 rings (SSSR count). The van der Waals surface area contributed by atoms with E-state index in [2.05, 4.69) is 16.9 Å². The molecule has 0 saturated heterocycles. The van der Waals surface area contributed by atoms with Gasteiger partial charge in [-0.15, -0.1) is 0 Å². The summed E-state index contributed by atoms with van der Waals surface area (Å²) in [6, 6.07) is 5.65. The lowest BCUT2D eigenvalue weighted by Crippen LogP contribution is -2.44. The molecule has 0 bridgehead atoms. The van der Waals surface area contributed by atoms with E-state index >= 15 is 0 Å². The van der Waals surface area contributed by atoms with Crippen LogP contribution in [0.25, 0.3) is 0 Å². The number of carbonyl (C=O) groups is 2. The molecule has 1 aliphatic rings. The van der Waals surface area contributed by atoms with Crippen LogP contribution in [0.3, 0.4) is 0 Å². The van der Waals surface area contributed by atoms with Gasteiger partial charge in [-0.3, -0.25) is 20.4 Å². The highest BCUT2D eigenvalue weighted by Gasteiger charge is 2.14. The van der Waals surface area contributed by atoms with E-state index in [4.69, 9.17) is 4.74 Å². The normalized spacial score (nSPS) is 16.4. The topological polar surface area (TPSA) is 67.4 Å². The fraction of sp³-hybridized carbons (Fsp3) is 0.412. The Bertz CT molecular complexity index is 581. The third-order valence-corrected chi connectivity index (χ3v) is 3.75. The van der Waals surface area contributed by atoms with E-state index in [1.54, 1.807) is 0 Å². The van der Waals surface area contributed by atoms with Gasteiger partial charge < -0.3 is 4.74 Å². The van der Waals surface area contributed by atoms with Crippen LogP contribution in [-0.4, -0.2) is 18.4 Å². The number of allylic oxidation sites excluding steroid dienone is 2. The van der Waals surface area contributed by atoms with Crippen molar-refractivity contribution in [2.75, 3.05) is 6.61 Å². The number of ether oxygens (including phenoxy) is 1. The Morgan fingerprint density at radius 2 is 1.95 bits per heavy atom. The van der Waals surface area contributed by atoms with Crippen LogP contribution in [0.15, 0.2) is 30.4 Å². The minimum Gasteiger partial charge on any atom is -0.484 e. The van der Waals surface area contributed by atoms with Crippen LogP contribution in [0.4, 0.5) is 0 Å². The first kappa shape index (κ1) is 16.1. The fourth-order valence-electron chi connectivity index (χ4n) is 2.28. The van der Waals surface area contributed by atoms with Crippen LogP contribution in [0.2, 0.25) is 0 Å². The molecule has 0 fully saturated rings. The molecule has 0 radical (unpaired) electrons. The second kappa shape index (κ2) is 7.64. The van der Waals surface area contributed by atoms with Crippen molar-refractivity contribution in [3.8, 4) is 5.75 Å². The first-order valence-corrected chi connectivity index (χ1v) is 7.49. The molecule has 0 spiro atoms. The molecule has 0 unspecified atom stereocenters. The van der Waals surface area contributed by atoms with Crippen LogP contribution in [0.1, 0.15) is 30.4 Å². The van der Waals surface area contributed by atoms with Crippen molar-refractivity contribution < 1.29 is 14.3 Å². The number of hydrogen-bond acceptors (Lipinski definition) is 3. The average molecular weight is 302 g/mol. The smallest absolute Gasteiger partial charge is 0.276 e. The van der Waals surface area contributed by atoms with Crippen LogP contribution in [-0.2, 0) is 9.59 Å². The average Bonchev–Trinajstić information content (AvgIpc) is 2.99. The van der Waals surface area contributed by atoms with E-state index in [0.717, 1.165) is 18.4 Å². The van der Waals surface area contributed by atoms with E-state index in [1.807, 2.05) is 38.1 Å². The third-order valence-electron chi connectivity index (χ3n) is 3.75. The monoisotopic (exact) mass is 302 g/mol. The molecule has 1 aliphatic carbocycles. The van der Waals surface area contributed by atoms with Crippen molar-refractivity contribution in [1.29, 1.82) is 0 Å². The van der Waals surface area contributed by atoms with Gasteiger partial charge in [-0.25, -0.2) is 0 Å². The molecule has 0 aliphatic heterocycles. The molecule has 0 saturated carbocycles. The highest BCUT2D eigenvalue weighted by Crippen LogP contribution is 2.19. The van der Waals surface area contributed by atoms with Crippen molar-refractivity contribution in [3.05, 3.63) is 41.5 Å². The summed E-state index contributed by atoms with van der Waals surface area (Å²) in [5.41, 5.74) is 7.06. The van der Waals surface area contributed by atoms with Gasteiger partial charge in [0.15, 0.2) is 6.61 Å². The largest absolute Gasteiger partial charge is 0.484 e. The van der Waals surface area contributed by atoms with Crippen molar-refractivity contribution in [1.82, 2.24) is 10.9 Å².